The third-order valence-electron chi connectivity index (χ3n) is 2.32. The van der Waals surface area contributed by atoms with Crippen molar-refractivity contribution in [2.45, 2.75) is 12.9 Å². The maximum Gasteiger partial charge on any atom is 0.573 e. The van der Waals surface area contributed by atoms with E-state index in [0.717, 1.165) is 13.1 Å². The number of benzene rings is 1. The predicted molar refractivity (Wildman–Crippen MR) is 87.9 cm³/mol. The minimum atomic E-state index is -4.70. The average molecular weight is 510 g/mol. The van der Waals surface area contributed by atoms with Gasteiger partial charge in [0, 0.05) is 21.6 Å². The number of halogens is 6. The molecule has 0 spiro atoms. The van der Waals surface area contributed by atoms with Crippen molar-refractivity contribution in [3.05, 3.63) is 41.9 Å². The Labute approximate surface area is 148 Å². The number of anilines is 1. The van der Waals surface area contributed by atoms with Crippen molar-refractivity contribution in [3.8, 4) is 5.75 Å². The summed E-state index contributed by atoms with van der Waals surface area (Å²) in [5.41, 5.74) is 0.692. The first-order valence-corrected chi connectivity index (χ1v) is 8.67. The minimum absolute atomic E-state index is 0.235. The molecular formula is C12H7Br3F3NOS. The van der Waals surface area contributed by atoms with Crippen LogP contribution in [0.15, 0.2) is 37.0 Å². The molecule has 0 saturated carbocycles. The van der Waals surface area contributed by atoms with E-state index in [4.69, 9.17) is 0 Å². The van der Waals surface area contributed by atoms with Gasteiger partial charge in [-0.15, -0.1) is 24.5 Å². The maximum atomic E-state index is 12.2. The van der Waals surface area contributed by atoms with E-state index in [9.17, 15) is 13.2 Å². The fourth-order valence-electron chi connectivity index (χ4n) is 1.49. The Hall–Kier alpha value is -0.250. The number of thiophene rings is 1. The first-order valence-electron chi connectivity index (χ1n) is 5.47. The van der Waals surface area contributed by atoms with Gasteiger partial charge in [-0.25, -0.2) is 0 Å². The summed E-state index contributed by atoms with van der Waals surface area (Å²) < 4.78 is 42.6. The summed E-state index contributed by atoms with van der Waals surface area (Å²) in [5.74, 6) is -0.269. The normalized spacial score (nSPS) is 11.5. The molecule has 2 rings (SSSR count). The van der Waals surface area contributed by atoms with Crippen LogP contribution in [-0.2, 0) is 6.54 Å². The van der Waals surface area contributed by atoms with Crippen LogP contribution in [0.1, 0.15) is 4.88 Å². The highest BCUT2D eigenvalue weighted by atomic mass is 79.9. The highest BCUT2D eigenvalue weighted by molar-refractivity contribution is 9.13. The second-order valence-electron chi connectivity index (χ2n) is 3.88. The summed E-state index contributed by atoms with van der Waals surface area (Å²) in [6.07, 6.45) is -4.70. The van der Waals surface area contributed by atoms with E-state index in [-0.39, 0.29) is 10.2 Å². The number of hydrogen-bond donors (Lipinski definition) is 1. The van der Waals surface area contributed by atoms with Gasteiger partial charge in [-0.1, -0.05) is 0 Å². The van der Waals surface area contributed by atoms with Gasteiger partial charge in [-0.05, 0) is 72.1 Å². The Kier molecular flexibility index (Phi) is 5.61. The Morgan fingerprint density at radius 1 is 1.10 bits per heavy atom. The molecule has 1 N–H and O–H groups in total. The first-order chi connectivity index (χ1) is 9.74. The quantitative estimate of drug-likeness (QED) is 0.505. The third kappa shape index (κ3) is 5.15. The average Bonchev–Trinajstić information content (AvgIpc) is 2.68. The number of ether oxygens (including phenoxy) is 1. The van der Waals surface area contributed by atoms with Crippen LogP contribution in [0, 0.1) is 0 Å². The van der Waals surface area contributed by atoms with E-state index >= 15 is 0 Å². The van der Waals surface area contributed by atoms with Crippen molar-refractivity contribution in [2.75, 3.05) is 5.32 Å². The fourth-order valence-corrected chi connectivity index (χ4v) is 4.06. The predicted octanol–water partition coefficient (Wildman–Crippen LogP) is 6.55. The molecule has 0 aliphatic heterocycles. The van der Waals surface area contributed by atoms with Crippen molar-refractivity contribution >= 4 is 64.8 Å². The van der Waals surface area contributed by atoms with Crippen molar-refractivity contribution in [1.82, 2.24) is 0 Å². The summed E-state index contributed by atoms with van der Waals surface area (Å²) in [4.78, 5) is 1.08. The van der Waals surface area contributed by atoms with Crippen molar-refractivity contribution in [2.24, 2.45) is 0 Å². The molecule has 21 heavy (non-hydrogen) atoms. The van der Waals surface area contributed by atoms with E-state index in [2.05, 4.69) is 57.8 Å². The van der Waals surface area contributed by atoms with Crippen LogP contribution < -0.4 is 10.1 Å². The van der Waals surface area contributed by atoms with E-state index < -0.39 is 6.36 Å². The molecule has 0 atom stereocenters. The zero-order valence-electron chi connectivity index (χ0n) is 10.1. The van der Waals surface area contributed by atoms with Gasteiger partial charge in [0.15, 0.2) is 0 Å². The molecule has 0 radical (unpaired) electrons. The lowest BCUT2D eigenvalue weighted by Gasteiger charge is -2.12. The van der Waals surface area contributed by atoms with Gasteiger partial charge >= 0.3 is 6.36 Å². The summed E-state index contributed by atoms with van der Waals surface area (Å²) in [6.45, 7) is 0.570. The van der Waals surface area contributed by atoms with Crippen LogP contribution in [0.2, 0.25) is 0 Å². The standard InChI is InChI=1S/C12H7Br3F3NOS/c13-8-3-6(1-2-10(8)20-12(16,17)18)19-5-7-4-9(14)11(15)21-7/h1-4,19H,5H2. The highest BCUT2D eigenvalue weighted by Gasteiger charge is 2.31. The van der Waals surface area contributed by atoms with Crippen LogP contribution >= 0.6 is 59.1 Å². The largest absolute Gasteiger partial charge is 0.573 e. The van der Waals surface area contributed by atoms with E-state index in [1.165, 1.54) is 12.1 Å². The molecule has 1 aromatic heterocycles. The molecule has 0 aliphatic carbocycles. The molecule has 0 saturated heterocycles. The summed E-state index contributed by atoms with van der Waals surface area (Å²) in [6, 6.07) is 6.31. The van der Waals surface area contributed by atoms with Crippen LogP contribution in [-0.4, -0.2) is 6.36 Å². The van der Waals surface area contributed by atoms with Gasteiger partial charge in [0.2, 0.25) is 0 Å². The maximum absolute atomic E-state index is 12.2. The molecule has 0 aliphatic rings. The molecule has 0 fully saturated rings. The zero-order valence-corrected chi connectivity index (χ0v) is 15.7. The lowest BCUT2D eigenvalue weighted by molar-refractivity contribution is -0.274. The molecule has 1 aromatic carbocycles. The van der Waals surface area contributed by atoms with Crippen LogP contribution in [0.25, 0.3) is 0 Å². The fraction of sp³-hybridized carbons (Fsp3) is 0.167. The van der Waals surface area contributed by atoms with Crippen molar-refractivity contribution in [1.29, 1.82) is 0 Å². The van der Waals surface area contributed by atoms with Gasteiger partial charge in [-0.3, -0.25) is 0 Å². The number of alkyl halides is 3. The summed E-state index contributed by atoms with van der Waals surface area (Å²) >= 11 is 11.4. The molecule has 9 heteroatoms. The first kappa shape index (κ1) is 17.1. The molecule has 0 unspecified atom stereocenters. The topological polar surface area (TPSA) is 21.3 Å². The van der Waals surface area contributed by atoms with E-state index in [1.54, 1.807) is 17.4 Å². The number of hydrogen-bond acceptors (Lipinski definition) is 3. The Bertz CT molecular complexity index is 626. The summed E-state index contributed by atoms with van der Waals surface area (Å²) in [5, 5.41) is 3.13. The van der Waals surface area contributed by atoms with Crippen LogP contribution in [0.4, 0.5) is 18.9 Å². The van der Waals surface area contributed by atoms with Crippen LogP contribution in [0.5, 0.6) is 5.75 Å². The zero-order chi connectivity index (χ0) is 15.6. The second kappa shape index (κ2) is 6.89. The van der Waals surface area contributed by atoms with E-state index in [1.807, 2.05) is 6.07 Å². The second-order valence-corrected chi connectivity index (χ2v) is 8.04. The minimum Gasteiger partial charge on any atom is -0.405 e. The van der Waals surface area contributed by atoms with Gasteiger partial charge in [0.25, 0.3) is 0 Å². The lowest BCUT2D eigenvalue weighted by atomic mass is 10.3. The highest BCUT2D eigenvalue weighted by Crippen LogP contribution is 2.34. The van der Waals surface area contributed by atoms with Crippen molar-refractivity contribution in [3.63, 3.8) is 0 Å². The monoisotopic (exact) mass is 507 g/mol. The van der Waals surface area contributed by atoms with Gasteiger partial charge < -0.3 is 10.1 Å². The van der Waals surface area contributed by atoms with Crippen LogP contribution in [0.3, 0.4) is 0 Å². The molecule has 2 aromatic rings. The number of rotatable bonds is 4. The Morgan fingerprint density at radius 2 is 1.81 bits per heavy atom. The van der Waals surface area contributed by atoms with Crippen molar-refractivity contribution < 1.29 is 17.9 Å². The molecule has 1 heterocycles. The van der Waals surface area contributed by atoms with Gasteiger partial charge in [0.1, 0.15) is 5.75 Å². The van der Waals surface area contributed by atoms with Gasteiger partial charge in [-0.2, -0.15) is 0 Å². The Balaban J connectivity index is 2.03. The molecule has 114 valence electrons. The number of nitrogens with one attached hydrogen (secondary N) is 1. The lowest BCUT2D eigenvalue weighted by Crippen LogP contribution is -2.17. The molecule has 0 bridgehead atoms. The third-order valence-corrected chi connectivity index (χ3v) is 6.20. The molecular weight excluding hydrogens is 503 g/mol. The smallest absolute Gasteiger partial charge is 0.405 e. The van der Waals surface area contributed by atoms with Gasteiger partial charge in [0.05, 0.1) is 8.26 Å². The molecule has 0 amide bonds. The Morgan fingerprint density at radius 3 is 2.33 bits per heavy atom. The summed E-state index contributed by atoms with van der Waals surface area (Å²) in [7, 11) is 0. The van der Waals surface area contributed by atoms with E-state index in [0.29, 0.717) is 12.2 Å². The SMILES string of the molecule is FC(F)(F)Oc1ccc(NCc2cc(Br)c(Br)s2)cc1Br. The molecule has 2 nitrogen and oxygen atoms in total.